The van der Waals surface area contributed by atoms with Gasteiger partial charge in [0, 0.05) is 30.4 Å². The van der Waals surface area contributed by atoms with Gasteiger partial charge in [-0.1, -0.05) is 36.8 Å². The predicted molar refractivity (Wildman–Crippen MR) is 139 cm³/mol. The molecule has 35 heavy (non-hydrogen) atoms. The van der Waals surface area contributed by atoms with Crippen LogP contribution in [-0.2, 0) is 4.79 Å². The van der Waals surface area contributed by atoms with Gasteiger partial charge in [0.15, 0.2) is 0 Å². The van der Waals surface area contributed by atoms with Crippen LogP contribution in [0.4, 0.5) is 5.69 Å². The molecule has 0 radical (unpaired) electrons. The highest BCUT2D eigenvalue weighted by Crippen LogP contribution is 2.24. The Morgan fingerprint density at radius 3 is 2.34 bits per heavy atom. The number of hydrogen-bond acceptors (Lipinski definition) is 4. The maximum Gasteiger partial charge on any atom is 0.268 e. The van der Waals surface area contributed by atoms with Crippen molar-refractivity contribution in [2.75, 3.05) is 18.0 Å². The van der Waals surface area contributed by atoms with Crippen molar-refractivity contribution in [2.24, 2.45) is 5.92 Å². The minimum atomic E-state index is -0.386. The van der Waals surface area contributed by atoms with E-state index in [1.54, 1.807) is 24.3 Å². The van der Waals surface area contributed by atoms with Gasteiger partial charge in [0.05, 0.1) is 12.3 Å². The Morgan fingerprint density at radius 1 is 1.03 bits per heavy atom. The first-order chi connectivity index (χ1) is 16.9. The molecule has 2 aromatic carbocycles. The molecule has 4 rings (SSSR count). The molecule has 1 saturated heterocycles. The lowest BCUT2D eigenvalue weighted by molar-refractivity contribution is -0.118. The molecule has 6 nitrogen and oxygen atoms in total. The molecule has 0 aliphatic carbocycles. The Morgan fingerprint density at radius 2 is 1.71 bits per heavy atom. The third-order valence-corrected chi connectivity index (χ3v) is 6.53. The molecule has 1 aliphatic heterocycles. The van der Waals surface area contributed by atoms with Gasteiger partial charge in [0.25, 0.3) is 11.8 Å². The smallest absolute Gasteiger partial charge is 0.268 e. The fourth-order valence-corrected chi connectivity index (χ4v) is 4.17. The van der Waals surface area contributed by atoms with Gasteiger partial charge in [-0.25, -0.2) is 0 Å². The molecular weight excluding hydrogens is 438 g/mol. The van der Waals surface area contributed by atoms with E-state index < -0.39 is 0 Å². The van der Waals surface area contributed by atoms with Crippen LogP contribution in [0.25, 0.3) is 6.08 Å². The highest BCUT2D eigenvalue weighted by atomic mass is 16.3. The van der Waals surface area contributed by atoms with Gasteiger partial charge in [-0.3, -0.25) is 9.59 Å². The van der Waals surface area contributed by atoms with Crippen molar-refractivity contribution in [3.8, 4) is 0 Å². The molecule has 1 unspecified atom stereocenters. The van der Waals surface area contributed by atoms with Gasteiger partial charge in [-0.2, -0.15) is 0 Å². The van der Waals surface area contributed by atoms with Crippen molar-refractivity contribution in [3.63, 3.8) is 0 Å². The first-order valence-electron chi connectivity index (χ1n) is 12.2. The Balaban J connectivity index is 1.45. The second kappa shape index (κ2) is 11.1. The largest absolute Gasteiger partial charge is 0.465 e. The van der Waals surface area contributed by atoms with Gasteiger partial charge in [-0.15, -0.1) is 0 Å². The van der Waals surface area contributed by atoms with E-state index in [-0.39, 0.29) is 23.6 Å². The first-order valence-corrected chi connectivity index (χ1v) is 12.2. The summed E-state index contributed by atoms with van der Waals surface area (Å²) in [4.78, 5) is 28.4. The summed E-state index contributed by atoms with van der Waals surface area (Å²) < 4.78 is 5.37. The summed E-state index contributed by atoms with van der Waals surface area (Å²) >= 11 is 0. The number of benzene rings is 2. The van der Waals surface area contributed by atoms with E-state index >= 15 is 0 Å². The number of carbonyl (C=O) groups is 2. The Hall–Kier alpha value is -3.80. The standard InChI is InChI=1S/C29H33N3O3/c1-20-6-8-24(9-7-20)28(33)31-27(19-26-5-4-18-35-26)29(34)30-22(3)23-10-12-25(13-11-23)32-16-14-21(2)15-17-32/h4-13,18-19,21-22H,14-17H2,1-3H3,(H,30,34)(H,31,33)/b27-19-. The van der Waals surface area contributed by atoms with Crippen LogP contribution < -0.4 is 15.5 Å². The third-order valence-electron chi connectivity index (χ3n) is 6.53. The maximum atomic E-state index is 13.2. The predicted octanol–water partition coefficient (Wildman–Crippen LogP) is 5.47. The summed E-state index contributed by atoms with van der Waals surface area (Å²) in [7, 11) is 0. The molecule has 1 atom stereocenters. The monoisotopic (exact) mass is 471 g/mol. The van der Waals surface area contributed by atoms with Crippen molar-refractivity contribution >= 4 is 23.6 Å². The number of rotatable bonds is 7. The number of hydrogen-bond donors (Lipinski definition) is 2. The van der Waals surface area contributed by atoms with E-state index in [2.05, 4.69) is 46.7 Å². The van der Waals surface area contributed by atoms with Gasteiger partial charge in [0.2, 0.25) is 0 Å². The number of carbonyl (C=O) groups excluding carboxylic acids is 2. The van der Waals surface area contributed by atoms with Crippen LogP contribution in [-0.4, -0.2) is 24.9 Å². The van der Waals surface area contributed by atoms with Crippen molar-refractivity contribution in [3.05, 3.63) is 95.1 Å². The fraction of sp³-hybridized carbons (Fsp3) is 0.310. The van der Waals surface area contributed by atoms with E-state index in [4.69, 9.17) is 4.42 Å². The number of nitrogens with zero attached hydrogens (tertiary/aromatic N) is 1. The molecule has 0 spiro atoms. The second-order valence-electron chi connectivity index (χ2n) is 9.35. The zero-order chi connectivity index (χ0) is 24.8. The van der Waals surface area contributed by atoms with Crippen LogP contribution in [0.5, 0.6) is 0 Å². The van der Waals surface area contributed by atoms with Crippen molar-refractivity contribution in [1.29, 1.82) is 0 Å². The summed E-state index contributed by atoms with van der Waals surface area (Å²) in [5.41, 5.74) is 3.86. The molecule has 3 aromatic rings. The molecule has 1 fully saturated rings. The van der Waals surface area contributed by atoms with E-state index in [1.165, 1.54) is 30.9 Å². The highest BCUT2D eigenvalue weighted by molar-refractivity contribution is 6.05. The summed E-state index contributed by atoms with van der Waals surface area (Å²) in [6.45, 7) is 8.35. The molecule has 6 heteroatoms. The lowest BCUT2D eigenvalue weighted by Gasteiger charge is -2.32. The van der Waals surface area contributed by atoms with E-state index in [0.29, 0.717) is 11.3 Å². The molecule has 1 aromatic heterocycles. The van der Waals surface area contributed by atoms with Crippen LogP contribution in [0.1, 0.15) is 60.0 Å². The average Bonchev–Trinajstić information content (AvgIpc) is 3.38. The molecule has 1 aliphatic rings. The normalized spacial score (nSPS) is 15.5. The second-order valence-corrected chi connectivity index (χ2v) is 9.35. The highest BCUT2D eigenvalue weighted by Gasteiger charge is 2.19. The van der Waals surface area contributed by atoms with Crippen molar-refractivity contribution in [1.82, 2.24) is 10.6 Å². The molecule has 2 amide bonds. The number of aryl methyl sites for hydroxylation is 1. The molecular formula is C29H33N3O3. The lowest BCUT2D eigenvalue weighted by Crippen LogP contribution is -2.36. The topological polar surface area (TPSA) is 74.6 Å². The average molecular weight is 472 g/mol. The fourth-order valence-electron chi connectivity index (χ4n) is 4.17. The van der Waals surface area contributed by atoms with E-state index in [0.717, 1.165) is 30.1 Å². The third kappa shape index (κ3) is 6.41. The first kappa shape index (κ1) is 24.3. The number of nitrogens with one attached hydrogen (secondary N) is 2. The Labute approximate surface area is 207 Å². The summed E-state index contributed by atoms with van der Waals surface area (Å²) in [6, 6.07) is 18.8. The number of furan rings is 1. The number of piperidine rings is 1. The van der Waals surface area contributed by atoms with Gasteiger partial charge < -0.3 is 20.0 Å². The van der Waals surface area contributed by atoms with Crippen molar-refractivity contribution in [2.45, 2.75) is 39.7 Å². The lowest BCUT2D eigenvalue weighted by atomic mass is 9.98. The minimum Gasteiger partial charge on any atom is -0.465 e. The summed E-state index contributed by atoms with van der Waals surface area (Å²) in [5.74, 6) is 0.525. The Kier molecular flexibility index (Phi) is 7.70. The quantitative estimate of drug-likeness (QED) is 0.448. The molecule has 0 saturated carbocycles. The zero-order valence-electron chi connectivity index (χ0n) is 20.6. The van der Waals surface area contributed by atoms with Crippen LogP contribution in [0, 0.1) is 12.8 Å². The van der Waals surface area contributed by atoms with Crippen LogP contribution in [0.15, 0.2) is 77.0 Å². The van der Waals surface area contributed by atoms with Crippen LogP contribution in [0.3, 0.4) is 0 Å². The van der Waals surface area contributed by atoms with E-state index in [9.17, 15) is 9.59 Å². The summed E-state index contributed by atoms with van der Waals surface area (Å²) in [6.07, 6.45) is 5.49. The van der Waals surface area contributed by atoms with E-state index in [1.807, 2.05) is 26.0 Å². The minimum absolute atomic E-state index is 0.122. The molecule has 0 bridgehead atoms. The Bertz CT molecular complexity index is 1160. The molecule has 2 N–H and O–H groups in total. The zero-order valence-corrected chi connectivity index (χ0v) is 20.6. The van der Waals surface area contributed by atoms with Crippen LogP contribution >= 0.6 is 0 Å². The maximum absolute atomic E-state index is 13.2. The van der Waals surface area contributed by atoms with Crippen molar-refractivity contribution < 1.29 is 14.0 Å². The van der Waals surface area contributed by atoms with Gasteiger partial charge >= 0.3 is 0 Å². The summed E-state index contributed by atoms with van der Waals surface area (Å²) in [5, 5.41) is 5.75. The molecule has 182 valence electrons. The van der Waals surface area contributed by atoms with Gasteiger partial charge in [-0.05, 0) is 74.6 Å². The van der Waals surface area contributed by atoms with Gasteiger partial charge in [0.1, 0.15) is 11.5 Å². The number of anilines is 1. The molecule has 2 heterocycles. The number of amides is 2. The van der Waals surface area contributed by atoms with Crippen LogP contribution in [0.2, 0.25) is 0 Å². The SMILES string of the molecule is Cc1ccc(C(=O)N/C(=C\c2ccco2)C(=O)NC(C)c2ccc(N3CCC(C)CC3)cc2)cc1.